The number of nitrogens with one attached hydrogen (secondary N) is 1. The number of aromatic nitrogens is 1. The van der Waals surface area contributed by atoms with Gasteiger partial charge in [-0.05, 0) is 31.6 Å². The van der Waals surface area contributed by atoms with E-state index in [1.54, 1.807) is 12.3 Å². The summed E-state index contributed by atoms with van der Waals surface area (Å²) in [6, 6.07) is 3.67. The molecule has 1 rings (SSSR count). The quantitative estimate of drug-likeness (QED) is 0.829. The predicted octanol–water partition coefficient (Wildman–Crippen LogP) is 2.58. The van der Waals surface area contributed by atoms with E-state index in [1.165, 1.54) is 4.90 Å². The maximum absolute atomic E-state index is 12.4. The van der Waals surface area contributed by atoms with Crippen molar-refractivity contribution in [2.24, 2.45) is 0 Å². The summed E-state index contributed by atoms with van der Waals surface area (Å²) in [5.41, 5.74) is 1.68. The highest BCUT2D eigenvalue weighted by molar-refractivity contribution is 5.13. The van der Waals surface area contributed by atoms with Crippen LogP contribution in [0.25, 0.3) is 0 Å². The molecule has 1 aromatic heterocycles. The molecular weight excluding hydrogens is 255 g/mol. The summed E-state index contributed by atoms with van der Waals surface area (Å²) in [5.74, 6) is 0. The van der Waals surface area contributed by atoms with E-state index in [0.717, 1.165) is 5.56 Å². The zero-order valence-electron chi connectivity index (χ0n) is 11.3. The Labute approximate surface area is 111 Å². The van der Waals surface area contributed by atoms with Gasteiger partial charge in [0, 0.05) is 19.3 Å². The molecule has 1 heterocycles. The van der Waals surface area contributed by atoms with Gasteiger partial charge in [-0.25, -0.2) is 0 Å². The molecule has 3 nitrogen and oxygen atoms in total. The Morgan fingerprint density at radius 1 is 1.32 bits per heavy atom. The van der Waals surface area contributed by atoms with Crippen LogP contribution in [0.15, 0.2) is 18.3 Å². The van der Waals surface area contributed by atoms with Crippen molar-refractivity contribution < 1.29 is 13.2 Å². The first kappa shape index (κ1) is 15.9. The van der Waals surface area contributed by atoms with Gasteiger partial charge in [0.2, 0.25) is 0 Å². The van der Waals surface area contributed by atoms with Crippen molar-refractivity contribution >= 4 is 0 Å². The zero-order chi connectivity index (χ0) is 14.3. The summed E-state index contributed by atoms with van der Waals surface area (Å²) in [4.78, 5) is 5.58. The van der Waals surface area contributed by atoms with E-state index in [-0.39, 0.29) is 6.54 Å². The molecule has 108 valence electrons. The van der Waals surface area contributed by atoms with Crippen molar-refractivity contribution in [3.8, 4) is 0 Å². The highest BCUT2D eigenvalue weighted by Crippen LogP contribution is 2.18. The van der Waals surface area contributed by atoms with Crippen molar-refractivity contribution in [1.82, 2.24) is 15.2 Å². The first-order valence-electron chi connectivity index (χ1n) is 6.32. The lowest BCUT2D eigenvalue weighted by atomic mass is 10.2. The number of alkyl halides is 3. The van der Waals surface area contributed by atoms with Gasteiger partial charge >= 0.3 is 6.18 Å². The van der Waals surface area contributed by atoms with Crippen molar-refractivity contribution in [1.29, 1.82) is 0 Å². The van der Waals surface area contributed by atoms with Crippen LogP contribution in [0.5, 0.6) is 0 Å². The van der Waals surface area contributed by atoms with Crippen LogP contribution >= 0.6 is 0 Å². The summed E-state index contributed by atoms with van der Waals surface area (Å²) < 4.78 is 37.3. The molecule has 1 N–H and O–H groups in total. The van der Waals surface area contributed by atoms with E-state index in [2.05, 4.69) is 10.3 Å². The Balaban J connectivity index is 2.62. The minimum absolute atomic E-state index is 0.229. The normalized spacial score (nSPS) is 12.1. The number of rotatable bonds is 7. The van der Waals surface area contributed by atoms with Crippen LogP contribution in [0.3, 0.4) is 0 Å². The van der Waals surface area contributed by atoms with Crippen LogP contribution in [0.4, 0.5) is 13.2 Å². The molecule has 0 unspecified atom stereocenters. The molecule has 0 amide bonds. The average molecular weight is 275 g/mol. The second kappa shape index (κ2) is 7.45. The Kier molecular flexibility index (Phi) is 6.24. The van der Waals surface area contributed by atoms with Crippen LogP contribution in [-0.2, 0) is 13.1 Å². The van der Waals surface area contributed by atoms with Gasteiger partial charge in [-0.1, -0.05) is 13.0 Å². The number of hydrogen-bond donors (Lipinski definition) is 1. The molecule has 0 aliphatic carbocycles. The highest BCUT2D eigenvalue weighted by Gasteiger charge is 2.30. The molecule has 0 aliphatic rings. The molecule has 0 fully saturated rings. The van der Waals surface area contributed by atoms with Gasteiger partial charge in [-0.3, -0.25) is 9.88 Å². The maximum atomic E-state index is 12.4. The van der Waals surface area contributed by atoms with E-state index < -0.39 is 12.7 Å². The summed E-state index contributed by atoms with van der Waals surface area (Å²) in [5, 5.41) is 3.00. The Hall–Kier alpha value is -1.14. The van der Waals surface area contributed by atoms with Gasteiger partial charge in [-0.2, -0.15) is 13.2 Å². The fraction of sp³-hybridized carbons (Fsp3) is 0.615. The third kappa shape index (κ3) is 6.54. The van der Waals surface area contributed by atoms with Gasteiger partial charge < -0.3 is 5.32 Å². The zero-order valence-corrected chi connectivity index (χ0v) is 11.3. The van der Waals surface area contributed by atoms with Crippen LogP contribution in [0.1, 0.15) is 24.6 Å². The molecule has 1 aromatic rings. The summed E-state index contributed by atoms with van der Waals surface area (Å²) >= 11 is 0. The average Bonchev–Trinajstić information content (AvgIpc) is 2.30. The van der Waals surface area contributed by atoms with Crippen molar-refractivity contribution in [3.05, 3.63) is 29.6 Å². The van der Waals surface area contributed by atoms with Gasteiger partial charge in [0.15, 0.2) is 0 Å². The number of hydrogen-bond acceptors (Lipinski definition) is 3. The highest BCUT2D eigenvalue weighted by atomic mass is 19.4. The lowest BCUT2D eigenvalue weighted by Crippen LogP contribution is -2.34. The molecule has 0 atom stereocenters. The number of nitrogens with zero attached hydrogens (tertiary/aromatic N) is 2. The fourth-order valence-electron chi connectivity index (χ4n) is 1.87. The van der Waals surface area contributed by atoms with E-state index in [0.29, 0.717) is 25.2 Å². The minimum atomic E-state index is -4.17. The Bertz CT molecular complexity index is 362. The van der Waals surface area contributed by atoms with Gasteiger partial charge in [0.05, 0.1) is 12.2 Å². The summed E-state index contributed by atoms with van der Waals surface area (Å²) in [6.45, 7) is 2.33. The summed E-state index contributed by atoms with van der Waals surface area (Å²) in [7, 11) is 1.83. The van der Waals surface area contributed by atoms with E-state index >= 15 is 0 Å². The largest absolute Gasteiger partial charge is 0.401 e. The molecule has 0 radical (unpaired) electrons. The summed E-state index contributed by atoms with van der Waals surface area (Å²) in [6.07, 6.45) is -1.78. The molecule has 19 heavy (non-hydrogen) atoms. The van der Waals surface area contributed by atoms with Gasteiger partial charge in [-0.15, -0.1) is 0 Å². The number of halogens is 3. The fourth-order valence-corrected chi connectivity index (χ4v) is 1.87. The third-order valence-electron chi connectivity index (χ3n) is 2.60. The molecule has 0 saturated carbocycles. The van der Waals surface area contributed by atoms with Gasteiger partial charge in [0.25, 0.3) is 0 Å². The molecule has 6 heteroatoms. The SMILES string of the molecule is CCCN(Cc1ccc(CNC)cn1)CC(F)(F)F. The maximum Gasteiger partial charge on any atom is 0.401 e. The van der Waals surface area contributed by atoms with E-state index in [9.17, 15) is 13.2 Å². The lowest BCUT2D eigenvalue weighted by Gasteiger charge is -2.22. The minimum Gasteiger partial charge on any atom is -0.316 e. The van der Waals surface area contributed by atoms with Crippen LogP contribution in [0, 0.1) is 0 Å². The van der Waals surface area contributed by atoms with Crippen molar-refractivity contribution in [2.45, 2.75) is 32.6 Å². The predicted molar refractivity (Wildman–Crippen MR) is 68.6 cm³/mol. The third-order valence-corrected chi connectivity index (χ3v) is 2.60. The van der Waals surface area contributed by atoms with Gasteiger partial charge in [0.1, 0.15) is 0 Å². The second-order valence-corrected chi connectivity index (χ2v) is 4.51. The second-order valence-electron chi connectivity index (χ2n) is 4.51. The number of pyridine rings is 1. The topological polar surface area (TPSA) is 28.2 Å². The van der Waals surface area contributed by atoms with Crippen molar-refractivity contribution in [2.75, 3.05) is 20.1 Å². The van der Waals surface area contributed by atoms with E-state index in [4.69, 9.17) is 0 Å². The molecule has 0 spiro atoms. The molecular formula is C13H20F3N3. The first-order chi connectivity index (χ1) is 8.94. The molecule has 0 aliphatic heterocycles. The Morgan fingerprint density at radius 3 is 2.53 bits per heavy atom. The molecule has 0 bridgehead atoms. The molecule has 0 saturated heterocycles. The lowest BCUT2D eigenvalue weighted by molar-refractivity contribution is -0.147. The van der Waals surface area contributed by atoms with Crippen molar-refractivity contribution in [3.63, 3.8) is 0 Å². The monoisotopic (exact) mass is 275 g/mol. The van der Waals surface area contributed by atoms with Crippen LogP contribution < -0.4 is 5.32 Å². The Morgan fingerprint density at radius 2 is 2.05 bits per heavy atom. The van der Waals surface area contributed by atoms with Crippen LogP contribution in [0.2, 0.25) is 0 Å². The standard InChI is InChI=1S/C13H20F3N3/c1-3-6-19(10-13(14,15)16)9-12-5-4-11(7-17-2)8-18-12/h4-5,8,17H,3,6-7,9-10H2,1-2H3. The first-order valence-corrected chi connectivity index (χ1v) is 6.32. The molecule has 0 aromatic carbocycles. The smallest absolute Gasteiger partial charge is 0.316 e. The van der Waals surface area contributed by atoms with E-state index in [1.807, 2.05) is 20.0 Å². The van der Waals surface area contributed by atoms with Crippen LogP contribution in [-0.4, -0.2) is 36.2 Å².